The van der Waals surface area contributed by atoms with E-state index in [0.29, 0.717) is 5.57 Å². The Hall–Kier alpha value is -3.30. The Kier molecular flexibility index (Phi) is 18.4. The Bertz CT molecular complexity index is 1130. The fraction of sp³-hybridized carbons (Fsp3) is 0.710. The first-order chi connectivity index (χ1) is 21.7. The number of amides is 2. The van der Waals surface area contributed by atoms with E-state index in [1.54, 1.807) is 13.0 Å². The van der Waals surface area contributed by atoms with E-state index in [-0.39, 0.29) is 68.2 Å². The van der Waals surface area contributed by atoms with Crippen LogP contribution in [0.15, 0.2) is 11.6 Å². The van der Waals surface area contributed by atoms with Crippen molar-refractivity contribution in [3.8, 4) is 0 Å². The van der Waals surface area contributed by atoms with Crippen molar-refractivity contribution < 1.29 is 53.2 Å². The zero-order chi connectivity index (χ0) is 35.0. The Labute approximate surface area is 275 Å². The minimum absolute atomic E-state index is 0.0139. The summed E-state index contributed by atoms with van der Waals surface area (Å²) in [5.74, 6) is -7.26. The summed E-state index contributed by atoms with van der Waals surface area (Å²) in [6.45, 7) is 7.86. The molecule has 1 aliphatic carbocycles. The lowest BCUT2D eigenvalue weighted by atomic mass is 9.83. The molecular weight excluding hydrogens is 622 g/mol. The lowest BCUT2D eigenvalue weighted by Gasteiger charge is -2.36. The second kappa shape index (κ2) is 20.7. The van der Waals surface area contributed by atoms with Crippen molar-refractivity contribution in [2.75, 3.05) is 12.4 Å². The van der Waals surface area contributed by atoms with Gasteiger partial charge in [0.05, 0.1) is 37.2 Å². The van der Waals surface area contributed by atoms with E-state index in [4.69, 9.17) is 25.4 Å². The highest BCUT2D eigenvalue weighted by Crippen LogP contribution is 2.29. The maximum atomic E-state index is 12.8. The lowest BCUT2D eigenvalue weighted by Crippen LogP contribution is -2.47. The molecule has 15 heteroatoms. The summed E-state index contributed by atoms with van der Waals surface area (Å²) >= 11 is 3.84. The number of carbonyl (C=O) groups is 7. The maximum absolute atomic E-state index is 12.8. The Balaban J connectivity index is 2.70. The highest BCUT2D eigenvalue weighted by molar-refractivity contribution is 7.80. The zero-order valence-electron chi connectivity index (χ0n) is 27.0. The number of carboxylic acids is 2. The van der Waals surface area contributed by atoms with Crippen molar-refractivity contribution >= 4 is 53.9 Å². The van der Waals surface area contributed by atoms with Crippen LogP contribution < -0.4 is 16.4 Å². The van der Waals surface area contributed by atoms with Gasteiger partial charge in [-0.05, 0) is 38.7 Å². The van der Waals surface area contributed by atoms with Gasteiger partial charge in [0, 0.05) is 49.0 Å². The maximum Gasteiger partial charge on any atom is 0.333 e. The molecule has 0 fully saturated rings. The predicted octanol–water partition coefficient (Wildman–Crippen LogP) is 1.58. The number of thiol groups is 1. The van der Waals surface area contributed by atoms with Gasteiger partial charge < -0.3 is 36.1 Å². The van der Waals surface area contributed by atoms with Crippen LogP contribution in [-0.4, -0.2) is 94.2 Å². The Morgan fingerprint density at radius 2 is 1.67 bits per heavy atom. The standard InChI is InChI=1S/C31H49N3O11S/c1-5-21(6-2)45-26-14-19(31(43)44-7-3)12-23(17(26)4)33-27(37)11-9-20(35)8-10-22(32)25(36)13-18(15-28(38)39)29(40)34-24(16-46)30(41)42/h14,17-18,21-24,26,46H,5-13,15-16,32H2,1-4H3,(H,33,37)(H,34,40)(H,38,39)(H,41,42)/t17-,18+,22+,23+,24+,26-/m1/s1. The number of esters is 1. The van der Waals surface area contributed by atoms with E-state index in [1.807, 2.05) is 20.8 Å². The van der Waals surface area contributed by atoms with E-state index in [2.05, 4.69) is 23.3 Å². The third-order valence-electron chi connectivity index (χ3n) is 7.92. The van der Waals surface area contributed by atoms with Crippen LogP contribution >= 0.6 is 12.6 Å². The number of aliphatic carboxylic acids is 2. The smallest absolute Gasteiger partial charge is 0.333 e. The fourth-order valence-corrected chi connectivity index (χ4v) is 5.21. The molecule has 6 N–H and O–H groups in total. The first-order valence-corrected chi connectivity index (χ1v) is 16.3. The molecule has 0 heterocycles. The quantitative estimate of drug-likeness (QED) is 0.0712. The third-order valence-corrected chi connectivity index (χ3v) is 8.28. The van der Waals surface area contributed by atoms with Gasteiger partial charge in [0.1, 0.15) is 17.6 Å². The highest BCUT2D eigenvalue weighted by Gasteiger charge is 2.35. The van der Waals surface area contributed by atoms with Crippen LogP contribution in [0.3, 0.4) is 0 Å². The molecule has 0 radical (unpaired) electrons. The topological polar surface area (TPSA) is 228 Å². The molecule has 46 heavy (non-hydrogen) atoms. The molecule has 14 nitrogen and oxygen atoms in total. The summed E-state index contributed by atoms with van der Waals surface area (Å²) in [5.41, 5.74) is 6.34. The number of carboxylic acid groups (broad SMARTS) is 2. The number of hydrogen-bond donors (Lipinski definition) is 6. The minimum atomic E-state index is -1.37. The molecule has 0 saturated carbocycles. The number of ketones is 2. The summed E-state index contributed by atoms with van der Waals surface area (Å²) in [6, 6.07) is -2.97. The largest absolute Gasteiger partial charge is 0.481 e. The number of nitrogens with one attached hydrogen (secondary N) is 2. The van der Waals surface area contributed by atoms with Crippen molar-refractivity contribution in [2.45, 2.75) is 116 Å². The van der Waals surface area contributed by atoms with Crippen LogP contribution in [0.5, 0.6) is 0 Å². The highest BCUT2D eigenvalue weighted by atomic mass is 32.1. The van der Waals surface area contributed by atoms with Gasteiger partial charge in [-0.2, -0.15) is 12.6 Å². The van der Waals surface area contributed by atoms with Crippen LogP contribution in [0.25, 0.3) is 0 Å². The molecule has 0 unspecified atom stereocenters. The van der Waals surface area contributed by atoms with E-state index >= 15 is 0 Å². The molecule has 0 aromatic rings. The predicted molar refractivity (Wildman–Crippen MR) is 170 cm³/mol. The SMILES string of the molecule is CCOC(=O)C1=C[C@@H](OC(CC)CC)[C@H](C)[C@@H](NC(=O)CCC(=O)CC[C@H](N)C(=O)C[C@@H](CC(=O)O)C(=O)N[C@@H](CS)C(=O)O)C1. The van der Waals surface area contributed by atoms with Gasteiger partial charge in [-0.1, -0.05) is 20.8 Å². The molecule has 0 saturated heterocycles. The number of rotatable bonds is 22. The van der Waals surface area contributed by atoms with Gasteiger partial charge in [-0.3, -0.25) is 24.0 Å². The average molecular weight is 672 g/mol. The monoisotopic (exact) mass is 671 g/mol. The van der Waals surface area contributed by atoms with E-state index in [1.165, 1.54) is 0 Å². The minimum Gasteiger partial charge on any atom is -0.481 e. The van der Waals surface area contributed by atoms with Gasteiger partial charge in [0.2, 0.25) is 11.8 Å². The number of carbonyl (C=O) groups excluding carboxylic acids is 5. The molecule has 260 valence electrons. The summed E-state index contributed by atoms with van der Waals surface area (Å²) in [6.07, 6.45) is 1.44. The van der Waals surface area contributed by atoms with Crippen molar-refractivity contribution in [3.63, 3.8) is 0 Å². The van der Waals surface area contributed by atoms with Crippen LogP contribution in [0.2, 0.25) is 0 Å². The Morgan fingerprint density at radius 1 is 1.02 bits per heavy atom. The van der Waals surface area contributed by atoms with Crippen LogP contribution in [0, 0.1) is 11.8 Å². The van der Waals surface area contributed by atoms with Gasteiger partial charge in [-0.15, -0.1) is 0 Å². The summed E-state index contributed by atoms with van der Waals surface area (Å²) in [5, 5.41) is 23.3. The second-order valence-electron chi connectivity index (χ2n) is 11.4. The lowest BCUT2D eigenvalue weighted by molar-refractivity contribution is -0.144. The third kappa shape index (κ3) is 14.0. The molecule has 2 amide bonds. The molecule has 6 atom stereocenters. The molecule has 0 aromatic heterocycles. The van der Waals surface area contributed by atoms with Crippen molar-refractivity contribution in [2.24, 2.45) is 17.6 Å². The molecule has 0 aromatic carbocycles. The van der Waals surface area contributed by atoms with Crippen LogP contribution in [-0.2, 0) is 43.0 Å². The van der Waals surface area contributed by atoms with Gasteiger partial charge in [0.25, 0.3) is 0 Å². The molecule has 1 aliphatic rings. The summed E-state index contributed by atoms with van der Waals surface area (Å²) in [7, 11) is 0. The Morgan fingerprint density at radius 3 is 2.22 bits per heavy atom. The van der Waals surface area contributed by atoms with E-state index < -0.39 is 72.6 Å². The second-order valence-corrected chi connectivity index (χ2v) is 11.8. The van der Waals surface area contributed by atoms with Gasteiger partial charge in [-0.25, -0.2) is 9.59 Å². The molecule has 1 rings (SSSR count). The number of hydrogen-bond acceptors (Lipinski definition) is 11. The van der Waals surface area contributed by atoms with Crippen LogP contribution in [0.1, 0.15) is 85.5 Å². The first-order valence-electron chi connectivity index (χ1n) is 15.6. The van der Waals surface area contributed by atoms with E-state index in [0.717, 1.165) is 12.8 Å². The van der Waals surface area contributed by atoms with Crippen molar-refractivity contribution in [1.29, 1.82) is 0 Å². The van der Waals surface area contributed by atoms with Crippen molar-refractivity contribution in [1.82, 2.24) is 10.6 Å². The van der Waals surface area contributed by atoms with Gasteiger partial charge >= 0.3 is 17.9 Å². The summed E-state index contributed by atoms with van der Waals surface area (Å²) in [4.78, 5) is 85.4. The number of Topliss-reactive ketones (excluding diaryl/α,β-unsaturated/α-hetero) is 2. The van der Waals surface area contributed by atoms with Crippen LogP contribution in [0.4, 0.5) is 0 Å². The number of nitrogens with two attached hydrogens (primary N) is 1. The van der Waals surface area contributed by atoms with E-state index in [9.17, 15) is 33.6 Å². The molecular formula is C31H49N3O11S. The first kappa shape index (κ1) is 40.7. The molecule has 0 bridgehead atoms. The molecule has 0 aliphatic heterocycles. The average Bonchev–Trinajstić information content (AvgIpc) is 3.00. The normalized spacial score (nSPS) is 19.7. The van der Waals surface area contributed by atoms with Gasteiger partial charge in [0.15, 0.2) is 0 Å². The molecule has 0 spiro atoms. The zero-order valence-corrected chi connectivity index (χ0v) is 27.9. The van der Waals surface area contributed by atoms with Crippen molar-refractivity contribution in [3.05, 3.63) is 11.6 Å². The fourth-order valence-electron chi connectivity index (χ4n) is 4.97. The number of ether oxygens (including phenoxy) is 2. The summed E-state index contributed by atoms with van der Waals surface area (Å²) < 4.78 is 11.4.